The molecule has 0 bridgehead atoms. The van der Waals surface area contributed by atoms with E-state index < -0.39 is 0 Å². The highest BCUT2D eigenvalue weighted by Gasteiger charge is 2.19. The number of benzene rings is 3. The molecular weight excluding hydrogens is 342 g/mol. The van der Waals surface area contributed by atoms with Crippen LogP contribution in [0.4, 0.5) is 0 Å². The fourth-order valence-electron chi connectivity index (χ4n) is 4.15. The Morgan fingerprint density at radius 3 is 2.36 bits per heavy atom. The van der Waals surface area contributed by atoms with Crippen LogP contribution in [0.5, 0.6) is 0 Å². The minimum absolute atomic E-state index is 0.502. The van der Waals surface area contributed by atoms with Gasteiger partial charge in [-0.05, 0) is 53.4 Å². The smallest absolute Gasteiger partial charge is 0.212 e. The monoisotopic (exact) mass is 366 g/mol. The van der Waals surface area contributed by atoms with E-state index in [2.05, 4.69) is 99.2 Å². The Hall–Kier alpha value is -3.13. The first-order valence-electron chi connectivity index (χ1n) is 9.87. The third-order valence-corrected chi connectivity index (χ3v) is 5.87. The molecule has 0 aliphatic carbocycles. The minimum Gasteiger partial charge on any atom is -0.456 e. The van der Waals surface area contributed by atoms with Crippen LogP contribution in [0.2, 0.25) is 0 Å². The summed E-state index contributed by atoms with van der Waals surface area (Å²) < 4.78 is 8.55. The van der Waals surface area contributed by atoms with Crippen LogP contribution in [0.3, 0.4) is 0 Å². The summed E-state index contributed by atoms with van der Waals surface area (Å²) in [6.07, 6.45) is 2.15. The number of pyridine rings is 1. The molecule has 138 valence electrons. The number of hydrogen-bond donors (Lipinski definition) is 0. The highest BCUT2D eigenvalue weighted by molar-refractivity contribution is 6.11. The molecule has 0 unspecified atom stereocenters. The van der Waals surface area contributed by atoms with E-state index in [4.69, 9.17) is 4.42 Å². The molecule has 0 saturated carbocycles. The first-order valence-corrected chi connectivity index (χ1v) is 9.87. The van der Waals surface area contributed by atoms with E-state index in [9.17, 15) is 0 Å². The summed E-state index contributed by atoms with van der Waals surface area (Å²) in [5.41, 5.74) is 6.92. The average molecular weight is 366 g/mol. The summed E-state index contributed by atoms with van der Waals surface area (Å²) in [5.74, 6) is 0.502. The van der Waals surface area contributed by atoms with Gasteiger partial charge in [0.15, 0.2) is 6.20 Å². The molecule has 28 heavy (non-hydrogen) atoms. The number of hydrogen-bond acceptors (Lipinski definition) is 1. The van der Waals surface area contributed by atoms with Gasteiger partial charge in [-0.2, -0.15) is 0 Å². The molecule has 0 aliphatic heterocycles. The van der Waals surface area contributed by atoms with Crippen molar-refractivity contribution in [2.45, 2.75) is 26.7 Å². The second-order valence-electron chi connectivity index (χ2n) is 8.02. The zero-order chi connectivity index (χ0) is 19.4. The lowest BCUT2D eigenvalue weighted by molar-refractivity contribution is -0.660. The Kier molecular flexibility index (Phi) is 3.77. The maximum absolute atomic E-state index is 6.36. The Bertz CT molecular complexity index is 1360. The zero-order valence-corrected chi connectivity index (χ0v) is 16.8. The van der Waals surface area contributed by atoms with Crippen molar-refractivity contribution in [2.24, 2.45) is 7.05 Å². The number of furan rings is 1. The summed E-state index contributed by atoms with van der Waals surface area (Å²) in [4.78, 5) is 0. The van der Waals surface area contributed by atoms with Gasteiger partial charge in [-0.25, -0.2) is 4.57 Å². The standard InChI is InChI=1S/C26H24NO/c1-16(2)18-11-12-27(4)24(14-18)21-9-10-22-23-13-19-7-5-6-8-20(19)15-25(23)28-26(22)17(21)3/h5-16H,1-4H3/q+1. The second kappa shape index (κ2) is 6.20. The number of aryl methyl sites for hydroxylation is 2. The van der Waals surface area contributed by atoms with Crippen molar-refractivity contribution in [3.8, 4) is 11.3 Å². The van der Waals surface area contributed by atoms with Crippen LogP contribution in [0, 0.1) is 6.92 Å². The van der Waals surface area contributed by atoms with E-state index in [-0.39, 0.29) is 0 Å². The Morgan fingerprint density at radius 2 is 1.61 bits per heavy atom. The fourth-order valence-corrected chi connectivity index (χ4v) is 4.15. The van der Waals surface area contributed by atoms with Crippen molar-refractivity contribution >= 4 is 32.7 Å². The van der Waals surface area contributed by atoms with Crippen LogP contribution in [0.1, 0.15) is 30.9 Å². The van der Waals surface area contributed by atoms with Crippen LogP contribution in [-0.4, -0.2) is 0 Å². The third kappa shape index (κ3) is 2.52. The van der Waals surface area contributed by atoms with Crippen molar-refractivity contribution in [3.63, 3.8) is 0 Å². The molecule has 2 heteroatoms. The van der Waals surface area contributed by atoms with E-state index in [0.717, 1.165) is 11.2 Å². The molecule has 0 N–H and O–H groups in total. The van der Waals surface area contributed by atoms with E-state index in [1.54, 1.807) is 0 Å². The quantitative estimate of drug-likeness (QED) is 0.319. The highest BCUT2D eigenvalue weighted by atomic mass is 16.3. The Morgan fingerprint density at radius 1 is 0.857 bits per heavy atom. The van der Waals surface area contributed by atoms with Crippen LogP contribution in [0.25, 0.3) is 44.0 Å². The number of fused-ring (bicyclic) bond motifs is 4. The molecule has 3 aromatic carbocycles. The van der Waals surface area contributed by atoms with Gasteiger partial charge in [0, 0.05) is 28.5 Å². The first kappa shape index (κ1) is 17.0. The van der Waals surface area contributed by atoms with Crippen molar-refractivity contribution in [1.29, 1.82) is 0 Å². The third-order valence-electron chi connectivity index (χ3n) is 5.87. The van der Waals surface area contributed by atoms with E-state index in [0.29, 0.717) is 5.92 Å². The van der Waals surface area contributed by atoms with Crippen molar-refractivity contribution in [1.82, 2.24) is 0 Å². The Balaban J connectivity index is 1.79. The topological polar surface area (TPSA) is 17.0 Å². The molecule has 5 rings (SSSR count). The van der Waals surface area contributed by atoms with Gasteiger partial charge in [-0.15, -0.1) is 0 Å². The molecule has 0 amide bonds. The van der Waals surface area contributed by atoms with Crippen molar-refractivity contribution < 1.29 is 8.98 Å². The number of aromatic nitrogens is 1. The predicted molar refractivity (Wildman–Crippen MR) is 117 cm³/mol. The zero-order valence-electron chi connectivity index (χ0n) is 16.8. The van der Waals surface area contributed by atoms with Crippen molar-refractivity contribution in [3.05, 3.63) is 78.0 Å². The summed E-state index contributed by atoms with van der Waals surface area (Å²) in [5, 5.41) is 4.83. The molecule has 5 aromatic rings. The summed E-state index contributed by atoms with van der Waals surface area (Å²) in [7, 11) is 2.11. The summed E-state index contributed by atoms with van der Waals surface area (Å²) in [6.45, 7) is 6.64. The summed E-state index contributed by atoms with van der Waals surface area (Å²) in [6, 6.07) is 21.8. The largest absolute Gasteiger partial charge is 0.456 e. The molecule has 2 heterocycles. The molecule has 0 aliphatic rings. The van der Waals surface area contributed by atoms with Gasteiger partial charge < -0.3 is 4.42 Å². The van der Waals surface area contributed by atoms with Gasteiger partial charge in [0.2, 0.25) is 5.69 Å². The predicted octanol–water partition coefficient (Wildman–Crippen LogP) is 6.66. The van der Waals surface area contributed by atoms with E-state index in [1.807, 2.05) is 0 Å². The SMILES string of the molecule is Cc1c(-c2cc(C(C)C)cc[n+]2C)ccc2c1oc1cc3ccccc3cc12. The van der Waals surface area contributed by atoms with E-state index >= 15 is 0 Å². The van der Waals surface area contributed by atoms with Gasteiger partial charge >= 0.3 is 0 Å². The second-order valence-corrected chi connectivity index (χ2v) is 8.02. The first-order chi connectivity index (χ1) is 13.5. The van der Waals surface area contributed by atoms with Crippen LogP contribution >= 0.6 is 0 Å². The van der Waals surface area contributed by atoms with Gasteiger partial charge in [0.25, 0.3) is 0 Å². The lowest BCUT2D eigenvalue weighted by atomic mass is 9.97. The Labute approximate surface area is 165 Å². The average Bonchev–Trinajstić information content (AvgIpc) is 3.05. The normalized spacial score (nSPS) is 11.9. The maximum atomic E-state index is 6.36. The van der Waals surface area contributed by atoms with Crippen LogP contribution < -0.4 is 4.57 Å². The van der Waals surface area contributed by atoms with Gasteiger partial charge in [0.05, 0.1) is 5.56 Å². The number of nitrogens with zero attached hydrogens (tertiary/aromatic N) is 1. The molecule has 0 fully saturated rings. The van der Waals surface area contributed by atoms with Crippen molar-refractivity contribution in [2.75, 3.05) is 0 Å². The minimum atomic E-state index is 0.502. The lowest BCUT2D eigenvalue weighted by Crippen LogP contribution is -2.30. The van der Waals surface area contributed by atoms with Gasteiger partial charge in [0.1, 0.15) is 18.2 Å². The van der Waals surface area contributed by atoms with Gasteiger partial charge in [-0.3, -0.25) is 0 Å². The highest BCUT2D eigenvalue weighted by Crippen LogP contribution is 2.37. The molecule has 0 saturated heterocycles. The van der Waals surface area contributed by atoms with E-state index in [1.165, 1.54) is 43.9 Å². The molecule has 0 atom stereocenters. The maximum Gasteiger partial charge on any atom is 0.212 e. The van der Waals surface area contributed by atoms with Crippen LogP contribution in [-0.2, 0) is 7.05 Å². The van der Waals surface area contributed by atoms with Gasteiger partial charge in [-0.1, -0.05) is 38.1 Å². The molecule has 0 spiro atoms. The fraction of sp³-hybridized carbons (Fsp3) is 0.192. The van der Waals surface area contributed by atoms with Crippen LogP contribution in [0.15, 0.2) is 71.3 Å². The molecule has 2 nitrogen and oxygen atoms in total. The summed E-state index contributed by atoms with van der Waals surface area (Å²) >= 11 is 0. The molecule has 0 radical (unpaired) electrons. The lowest BCUT2D eigenvalue weighted by Gasteiger charge is -2.09. The molecular formula is C26H24NO+. The number of rotatable bonds is 2. The molecule has 2 aromatic heterocycles.